The molecule has 1 aliphatic carbocycles. The van der Waals surface area contributed by atoms with Crippen molar-refractivity contribution in [2.45, 2.75) is 78.4 Å². The predicted octanol–water partition coefficient (Wildman–Crippen LogP) is 2.56. The van der Waals surface area contributed by atoms with Gasteiger partial charge in [0.15, 0.2) is 0 Å². The molecule has 222 valence electrons. The lowest BCUT2D eigenvalue weighted by Crippen LogP contribution is -2.57. The average molecular weight is 583 g/mol. The molecule has 1 heterocycles. The van der Waals surface area contributed by atoms with Crippen LogP contribution in [0.5, 0.6) is 0 Å². The third-order valence-electron chi connectivity index (χ3n) is 7.59. The number of primary amides is 1. The molecule has 2 aliphatic rings. The molecule has 0 aromatic heterocycles. The summed E-state index contributed by atoms with van der Waals surface area (Å²) in [6.07, 6.45) is 2.37. The van der Waals surface area contributed by atoms with Gasteiger partial charge in [0.2, 0.25) is 5.91 Å². The van der Waals surface area contributed by atoms with Crippen LogP contribution < -0.4 is 5.73 Å². The highest BCUT2D eigenvalue weighted by molar-refractivity contribution is 7.81. The SMILES string of the molecule is C[C@H]1C(=O)N(OS(=O)(=O)OCC(C)(C)CCOC(=O)CCCCC(=O)OCc2ccccc2)[C@@H]2CC[C@]12C(N)=O. The summed E-state index contributed by atoms with van der Waals surface area (Å²) in [7, 11) is -4.61. The molecule has 0 unspecified atom stereocenters. The van der Waals surface area contributed by atoms with Gasteiger partial charge < -0.3 is 15.2 Å². The van der Waals surface area contributed by atoms with Crippen LogP contribution in [0, 0.1) is 16.7 Å². The Morgan fingerprint density at radius 1 is 1.07 bits per heavy atom. The second-order valence-electron chi connectivity index (χ2n) is 11.1. The topological polar surface area (TPSA) is 169 Å². The fourth-order valence-electron chi connectivity index (χ4n) is 4.86. The van der Waals surface area contributed by atoms with E-state index in [1.54, 1.807) is 13.8 Å². The van der Waals surface area contributed by atoms with Gasteiger partial charge in [0.25, 0.3) is 5.91 Å². The Balaban J connectivity index is 1.31. The first-order chi connectivity index (χ1) is 18.8. The molecule has 0 bridgehead atoms. The van der Waals surface area contributed by atoms with Gasteiger partial charge in [-0.2, -0.15) is 13.5 Å². The highest BCUT2D eigenvalue weighted by atomic mass is 32.3. The van der Waals surface area contributed by atoms with Gasteiger partial charge in [0.1, 0.15) is 6.61 Å². The molecule has 1 saturated heterocycles. The summed E-state index contributed by atoms with van der Waals surface area (Å²) in [6.45, 7) is 4.94. The number of esters is 2. The normalized spacial score (nSPS) is 22.4. The molecule has 12 nitrogen and oxygen atoms in total. The number of carbonyl (C=O) groups is 4. The fraction of sp³-hybridized carbons (Fsp3) is 0.630. The van der Waals surface area contributed by atoms with E-state index in [0.29, 0.717) is 37.2 Å². The Morgan fingerprint density at radius 3 is 2.25 bits per heavy atom. The van der Waals surface area contributed by atoms with E-state index in [1.807, 2.05) is 30.3 Å². The Bertz CT molecular complexity index is 1190. The van der Waals surface area contributed by atoms with Crippen molar-refractivity contribution < 1.29 is 45.5 Å². The van der Waals surface area contributed by atoms with Crippen molar-refractivity contribution in [3.05, 3.63) is 35.9 Å². The molecule has 40 heavy (non-hydrogen) atoms. The lowest BCUT2D eigenvalue weighted by molar-refractivity contribution is -0.168. The smallest absolute Gasteiger partial charge is 0.421 e. The van der Waals surface area contributed by atoms with Crippen LogP contribution in [-0.4, -0.2) is 56.5 Å². The Labute approximate surface area is 234 Å². The maximum atomic E-state index is 12.6. The number of unbranched alkanes of at least 4 members (excludes halogenated alkanes) is 1. The van der Waals surface area contributed by atoms with Gasteiger partial charge in [-0.1, -0.05) is 51.1 Å². The van der Waals surface area contributed by atoms with Crippen LogP contribution >= 0.6 is 0 Å². The molecule has 3 rings (SSSR count). The number of nitrogens with two attached hydrogens (primary N) is 1. The van der Waals surface area contributed by atoms with Crippen LogP contribution in [-0.2, 0) is 54.1 Å². The summed E-state index contributed by atoms with van der Waals surface area (Å²) in [4.78, 5) is 48.4. The number of amides is 2. The summed E-state index contributed by atoms with van der Waals surface area (Å²) >= 11 is 0. The molecular weight excluding hydrogens is 544 g/mol. The first-order valence-electron chi connectivity index (χ1n) is 13.3. The van der Waals surface area contributed by atoms with E-state index >= 15 is 0 Å². The third kappa shape index (κ3) is 7.79. The molecule has 0 spiro atoms. The molecule has 1 saturated carbocycles. The van der Waals surface area contributed by atoms with Gasteiger partial charge in [0, 0.05) is 12.8 Å². The van der Waals surface area contributed by atoms with Crippen molar-refractivity contribution in [2.24, 2.45) is 22.5 Å². The van der Waals surface area contributed by atoms with E-state index < -0.39 is 51.0 Å². The molecule has 1 aliphatic heterocycles. The fourth-order valence-corrected chi connectivity index (χ4v) is 5.74. The summed E-state index contributed by atoms with van der Waals surface area (Å²) in [5, 5.41) is 0.700. The number of fused-ring (bicyclic) bond motifs is 1. The highest BCUT2D eigenvalue weighted by Crippen LogP contribution is 2.55. The molecule has 3 atom stereocenters. The van der Waals surface area contributed by atoms with Gasteiger partial charge in [-0.3, -0.25) is 19.2 Å². The number of benzene rings is 1. The summed E-state index contributed by atoms with van der Waals surface area (Å²) < 4.78 is 45.3. The summed E-state index contributed by atoms with van der Waals surface area (Å²) in [5.41, 5.74) is 4.55. The quantitative estimate of drug-likeness (QED) is 0.226. The summed E-state index contributed by atoms with van der Waals surface area (Å²) in [5.74, 6) is -2.85. The zero-order valence-electron chi connectivity index (χ0n) is 23.1. The van der Waals surface area contributed by atoms with Crippen LogP contribution in [0.15, 0.2) is 30.3 Å². The van der Waals surface area contributed by atoms with Crippen LogP contribution in [0.25, 0.3) is 0 Å². The van der Waals surface area contributed by atoms with Crippen molar-refractivity contribution >= 4 is 34.2 Å². The van der Waals surface area contributed by atoms with Crippen LogP contribution in [0.1, 0.15) is 71.3 Å². The first-order valence-corrected chi connectivity index (χ1v) is 14.7. The minimum absolute atomic E-state index is 0.0422. The Hall–Kier alpha value is -3.03. The lowest BCUT2D eigenvalue weighted by Gasteiger charge is -2.44. The number of nitrogens with zero attached hydrogens (tertiary/aromatic N) is 1. The van der Waals surface area contributed by atoms with Crippen molar-refractivity contribution in [1.82, 2.24) is 5.06 Å². The van der Waals surface area contributed by atoms with Gasteiger partial charge in [-0.05, 0) is 43.1 Å². The molecular formula is C27H38N2O10S. The van der Waals surface area contributed by atoms with E-state index in [9.17, 15) is 27.6 Å². The Kier molecular flexibility index (Phi) is 10.3. The molecule has 13 heteroatoms. The number of carbonyl (C=O) groups excluding carboxylic acids is 4. The van der Waals surface area contributed by atoms with E-state index in [4.69, 9.17) is 23.7 Å². The lowest BCUT2D eigenvalue weighted by atomic mass is 9.60. The maximum Gasteiger partial charge on any atom is 0.421 e. The zero-order valence-corrected chi connectivity index (χ0v) is 23.9. The molecule has 0 radical (unpaired) electrons. The van der Waals surface area contributed by atoms with Crippen molar-refractivity contribution in [2.75, 3.05) is 13.2 Å². The monoisotopic (exact) mass is 582 g/mol. The number of hydroxylamine groups is 2. The number of hydrogen-bond donors (Lipinski definition) is 1. The van der Waals surface area contributed by atoms with E-state index in [-0.39, 0.29) is 38.6 Å². The number of ether oxygens (including phenoxy) is 2. The predicted molar refractivity (Wildman–Crippen MR) is 141 cm³/mol. The van der Waals surface area contributed by atoms with Crippen molar-refractivity contribution in [1.29, 1.82) is 0 Å². The van der Waals surface area contributed by atoms with Crippen molar-refractivity contribution in [3.8, 4) is 0 Å². The van der Waals surface area contributed by atoms with Gasteiger partial charge in [0.05, 0.1) is 30.6 Å². The average Bonchev–Trinajstić information content (AvgIpc) is 3.01. The van der Waals surface area contributed by atoms with Crippen LogP contribution in [0.2, 0.25) is 0 Å². The third-order valence-corrected chi connectivity index (χ3v) is 8.34. The van der Waals surface area contributed by atoms with Crippen molar-refractivity contribution in [3.63, 3.8) is 0 Å². The second kappa shape index (κ2) is 13.1. The van der Waals surface area contributed by atoms with Crippen LogP contribution in [0.4, 0.5) is 0 Å². The first kappa shape index (κ1) is 31.5. The Morgan fingerprint density at radius 2 is 1.70 bits per heavy atom. The summed E-state index contributed by atoms with van der Waals surface area (Å²) in [6, 6.07) is 8.59. The van der Waals surface area contributed by atoms with E-state index in [0.717, 1.165) is 5.56 Å². The largest absolute Gasteiger partial charge is 0.466 e. The second-order valence-corrected chi connectivity index (χ2v) is 12.3. The standard InChI is InChI=1S/C27H38N2O10S/c1-19-24(32)29(21-13-14-27(19,21)25(28)33)39-40(34,35)38-18-26(2,3)15-16-36-22(30)11-7-8-12-23(31)37-17-20-9-5-4-6-10-20/h4-6,9-10,19,21H,7-8,11-18H2,1-3H3,(H2,28,33)/t19-,21+,27-/m0/s1. The zero-order chi connectivity index (χ0) is 29.6. The number of hydrogen-bond acceptors (Lipinski definition) is 10. The minimum Gasteiger partial charge on any atom is -0.466 e. The minimum atomic E-state index is -4.61. The van der Waals surface area contributed by atoms with Gasteiger partial charge >= 0.3 is 22.3 Å². The molecule has 2 N–H and O–H groups in total. The van der Waals surface area contributed by atoms with E-state index in [2.05, 4.69) is 0 Å². The molecule has 1 aromatic rings. The molecule has 2 fully saturated rings. The van der Waals surface area contributed by atoms with Gasteiger partial charge in [-0.15, -0.1) is 4.28 Å². The van der Waals surface area contributed by atoms with Gasteiger partial charge in [-0.25, -0.2) is 4.18 Å². The molecule has 2 amide bonds. The maximum absolute atomic E-state index is 12.6. The van der Waals surface area contributed by atoms with E-state index in [1.165, 1.54) is 6.92 Å². The highest BCUT2D eigenvalue weighted by Gasteiger charge is 2.67. The molecule has 1 aromatic carbocycles. The number of rotatable bonds is 16. The van der Waals surface area contributed by atoms with Crippen LogP contribution in [0.3, 0.4) is 0 Å².